The van der Waals surface area contributed by atoms with Crippen molar-refractivity contribution in [1.29, 1.82) is 0 Å². The largest absolute Gasteiger partial charge is 0.465 e. The number of thioether (sulfide) groups is 1. The summed E-state index contributed by atoms with van der Waals surface area (Å²) >= 11 is 1.48. The molecule has 0 bridgehead atoms. The van der Waals surface area contributed by atoms with E-state index in [0.29, 0.717) is 36.7 Å². The molecule has 0 radical (unpaired) electrons. The van der Waals surface area contributed by atoms with E-state index >= 15 is 0 Å². The van der Waals surface area contributed by atoms with Crippen molar-refractivity contribution < 1.29 is 14.3 Å². The van der Waals surface area contributed by atoms with Crippen molar-refractivity contribution in [2.75, 3.05) is 6.54 Å². The van der Waals surface area contributed by atoms with Crippen LogP contribution in [0, 0.1) is 5.82 Å². The van der Waals surface area contributed by atoms with Crippen molar-refractivity contribution in [2.24, 2.45) is 0 Å². The first kappa shape index (κ1) is 20.6. The Kier molecular flexibility index (Phi) is 5.57. The second kappa shape index (κ2) is 8.67. The minimum atomic E-state index is -0.905. The number of hydrogen-bond donors (Lipinski definition) is 1. The molecule has 0 unspecified atom stereocenters. The second-order valence-corrected chi connectivity index (χ2v) is 8.94. The van der Waals surface area contributed by atoms with Crippen LogP contribution >= 0.6 is 11.8 Å². The maximum Gasteiger partial charge on any atom is 0.407 e. The number of nitrogens with zero attached hydrogens (tertiary/aromatic N) is 3. The van der Waals surface area contributed by atoms with Crippen LogP contribution in [0.1, 0.15) is 22.3 Å². The van der Waals surface area contributed by atoms with Crippen molar-refractivity contribution in [1.82, 2.24) is 14.7 Å². The number of rotatable bonds is 5. The second-order valence-electron chi connectivity index (χ2n) is 7.93. The summed E-state index contributed by atoms with van der Waals surface area (Å²) in [7, 11) is 0. The summed E-state index contributed by atoms with van der Waals surface area (Å²) in [4.78, 5) is 13.5. The van der Waals surface area contributed by atoms with Gasteiger partial charge in [-0.25, -0.2) is 9.18 Å². The molecular weight excluding hydrogens is 425 g/mol. The molecule has 2 heterocycles. The van der Waals surface area contributed by atoms with Crippen LogP contribution in [0.3, 0.4) is 0 Å². The van der Waals surface area contributed by atoms with Crippen molar-refractivity contribution in [3.63, 3.8) is 0 Å². The minimum Gasteiger partial charge on any atom is -0.465 e. The Morgan fingerprint density at radius 1 is 1.12 bits per heavy atom. The molecule has 0 aliphatic carbocycles. The van der Waals surface area contributed by atoms with Gasteiger partial charge in [0.25, 0.3) is 0 Å². The monoisotopic (exact) mass is 447 g/mol. The quantitative estimate of drug-likeness (QED) is 0.408. The van der Waals surface area contributed by atoms with E-state index in [-0.39, 0.29) is 5.82 Å². The Labute approximate surface area is 189 Å². The lowest BCUT2D eigenvalue weighted by atomic mass is 9.95. The first-order valence-corrected chi connectivity index (χ1v) is 11.5. The van der Waals surface area contributed by atoms with E-state index in [4.69, 9.17) is 0 Å². The van der Waals surface area contributed by atoms with Gasteiger partial charge in [-0.1, -0.05) is 48.5 Å². The molecule has 5 nitrogen and oxygen atoms in total. The number of hydrogen-bond acceptors (Lipinski definition) is 3. The van der Waals surface area contributed by atoms with Gasteiger partial charge >= 0.3 is 6.09 Å². The van der Waals surface area contributed by atoms with Crippen molar-refractivity contribution >= 4 is 28.8 Å². The van der Waals surface area contributed by atoms with Crippen LogP contribution in [-0.4, -0.2) is 32.4 Å². The third kappa shape index (κ3) is 4.08. The van der Waals surface area contributed by atoms with Gasteiger partial charge in [-0.3, -0.25) is 4.68 Å². The van der Waals surface area contributed by atoms with Gasteiger partial charge in [-0.15, -0.1) is 11.8 Å². The Morgan fingerprint density at radius 3 is 2.78 bits per heavy atom. The van der Waals surface area contributed by atoms with Crippen LogP contribution in [-0.2, 0) is 25.3 Å². The van der Waals surface area contributed by atoms with Gasteiger partial charge in [0, 0.05) is 35.2 Å². The van der Waals surface area contributed by atoms with Crippen molar-refractivity contribution in [3.05, 3.63) is 94.9 Å². The molecule has 0 fully saturated rings. The molecule has 1 aliphatic heterocycles. The van der Waals surface area contributed by atoms with Crippen LogP contribution in [0.25, 0.3) is 10.9 Å². The highest BCUT2D eigenvalue weighted by atomic mass is 32.2. The van der Waals surface area contributed by atoms with Gasteiger partial charge in [0.15, 0.2) is 0 Å². The zero-order chi connectivity index (χ0) is 22.1. The lowest BCUT2D eigenvalue weighted by Crippen LogP contribution is -2.35. The van der Waals surface area contributed by atoms with E-state index in [0.717, 1.165) is 27.6 Å². The van der Waals surface area contributed by atoms with Gasteiger partial charge in [-0.05, 0) is 34.7 Å². The summed E-state index contributed by atoms with van der Waals surface area (Å²) < 4.78 is 16.7. The molecule has 0 saturated carbocycles. The molecule has 0 atom stereocenters. The zero-order valence-corrected chi connectivity index (χ0v) is 18.2. The highest BCUT2D eigenvalue weighted by molar-refractivity contribution is 7.98. The zero-order valence-electron chi connectivity index (χ0n) is 17.4. The molecule has 0 spiro atoms. The lowest BCUT2D eigenvalue weighted by molar-refractivity contribution is 0.139. The maximum absolute atomic E-state index is 14.9. The highest BCUT2D eigenvalue weighted by Gasteiger charge is 2.22. The van der Waals surface area contributed by atoms with E-state index in [9.17, 15) is 14.3 Å². The highest BCUT2D eigenvalue weighted by Crippen LogP contribution is 2.30. The van der Waals surface area contributed by atoms with E-state index in [2.05, 4.69) is 11.2 Å². The topological polar surface area (TPSA) is 58.4 Å². The number of aromatic nitrogens is 2. The fraction of sp³-hybridized carbons (Fsp3) is 0.200. The number of fused-ring (bicyclic) bond motifs is 2. The summed E-state index contributed by atoms with van der Waals surface area (Å²) in [5, 5.41) is 14.8. The molecule has 1 aromatic heterocycles. The summed E-state index contributed by atoms with van der Waals surface area (Å²) in [6.45, 7) is 1.34. The smallest absolute Gasteiger partial charge is 0.407 e. The van der Waals surface area contributed by atoms with Crippen LogP contribution in [0.5, 0.6) is 0 Å². The summed E-state index contributed by atoms with van der Waals surface area (Å²) in [5.41, 5.74) is 5.09. The average molecular weight is 448 g/mol. The molecular formula is C25H22FN3O2S. The maximum atomic E-state index is 14.9. The lowest BCUT2D eigenvalue weighted by Gasteiger charge is -2.28. The Bertz CT molecular complexity index is 1290. The summed E-state index contributed by atoms with van der Waals surface area (Å²) in [5.74, 6) is 0.445. The molecule has 4 aromatic rings. The van der Waals surface area contributed by atoms with Crippen molar-refractivity contribution in [3.8, 4) is 0 Å². The number of carboxylic acid groups (broad SMARTS) is 1. The Balaban J connectivity index is 1.41. The first-order chi connectivity index (χ1) is 15.6. The third-order valence-electron chi connectivity index (χ3n) is 5.89. The SMILES string of the molecule is O=C(O)N1CCc2cccc(Cn3ncc4cc(SCc5ccccc5)c(F)cc43)c2C1. The molecule has 1 amide bonds. The van der Waals surface area contributed by atoms with E-state index in [1.807, 2.05) is 48.5 Å². The first-order valence-electron chi connectivity index (χ1n) is 10.5. The normalized spacial score (nSPS) is 13.3. The van der Waals surface area contributed by atoms with Gasteiger partial charge in [0.1, 0.15) is 5.82 Å². The van der Waals surface area contributed by atoms with Gasteiger partial charge in [0.05, 0.1) is 18.3 Å². The molecule has 1 N–H and O–H groups in total. The fourth-order valence-corrected chi connectivity index (χ4v) is 5.10. The molecule has 3 aromatic carbocycles. The molecule has 0 saturated heterocycles. The van der Waals surface area contributed by atoms with Gasteiger partial charge in [-0.2, -0.15) is 5.10 Å². The average Bonchev–Trinajstić information content (AvgIpc) is 3.19. The van der Waals surface area contributed by atoms with Crippen LogP contribution < -0.4 is 0 Å². The Hall–Kier alpha value is -3.32. The molecule has 162 valence electrons. The van der Waals surface area contributed by atoms with Crippen LogP contribution in [0.4, 0.5) is 9.18 Å². The molecule has 5 rings (SSSR count). The number of halogens is 1. The van der Waals surface area contributed by atoms with Crippen molar-refractivity contribution in [2.45, 2.75) is 30.2 Å². The standard InChI is InChI=1S/C25H22FN3O2S/c26-22-12-23-20(11-24(22)32-16-17-5-2-1-3-6-17)13-27-29(23)14-19-8-4-7-18-9-10-28(25(30)31)15-21(18)19/h1-8,11-13H,9-10,14-16H2,(H,30,31). The minimum absolute atomic E-state index is 0.257. The Morgan fingerprint density at radius 2 is 1.97 bits per heavy atom. The van der Waals surface area contributed by atoms with E-state index in [1.165, 1.54) is 22.2 Å². The number of carbonyl (C=O) groups is 1. The van der Waals surface area contributed by atoms with Gasteiger partial charge < -0.3 is 10.0 Å². The third-order valence-corrected chi connectivity index (χ3v) is 6.99. The van der Waals surface area contributed by atoms with Crippen LogP contribution in [0.2, 0.25) is 0 Å². The predicted octanol–water partition coefficient (Wildman–Crippen LogP) is 5.55. The number of amides is 1. The predicted molar refractivity (Wildman–Crippen MR) is 123 cm³/mol. The molecule has 32 heavy (non-hydrogen) atoms. The number of benzene rings is 3. The fourth-order valence-electron chi connectivity index (χ4n) is 4.17. The molecule has 7 heteroatoms. The summed E-state index contributed by atoms with van der Waals surface area (Å²) in [6, 6.07) is 19.5. The van der Waals surface area contributed by atoms with Gasteiger partial charge in [0.2, 0.25) is 0 Å². The van der Waals surface area contributed by atoms with E-state index < -0.39 is 6.09 Å². The van der Waals surface area contributed by atoms with E-state index in [1.54, 1.807) is 16.9 Å². The van der Waals surface area contributed by atoms with Crippen LogP contribution in [0.15, 0.2) is 71.8 Å². The summed E-state index contributed by atoms with van der Waals surface area (Å²) in [6.07, 6.45) is 1.56. The molecule has 1 aliphatic rings.